The molecular formula is C23H32Cl2N2O2. The van der Waals surface area contributed by atoms with Crippen LogP contribution in [0.4, 0.5) is 0 Å². The molecule has 1 amide bonds. The van der Waals surface area contributed by atoms with Crippen molar-refractivity contribution < 1.29 is 9.53 Å². The van der Waals surface area contributed by atoms with Crippen LogP contribution in [0.1, 0.15) is 44.1 Å². The van der Waals surface area contributed by atoms with Crippen LogP contribution >= 0.6 is 23.2 Å². The second-order valence-electron chi connectivity index (χ2n) is 8.19. The average Bonchev–Trinajstić information content (AvgIpc) is 3.25. The van der Waals surface area contributed by atoms with E-state index in [-0.39, 0.29) is 11.9 Å². The molecule has 0 spiro atoms. The number of ether oxygens (including phenoxy) is 1. The van der Waals surface area contributed by atoms with E-state index in [4.69, 9.17) is 27.9 Å². The standard InChI is InChI=1S/C23H32Cl2N2O2/c1-26(23(28)16-18-7-9-19(24)20(25)14-18)21-10-8-17(6-5-13-29-2)15-22(21)27-11-3-4-12-27/h7,9,14-15,21-22H,3-6,8,10-13,16H2,1-2H3. The Morgan fingerprint density at radius 3 is 2.69 bits per heavy atom. The largest absolute Gasteiger partial charge is 0.385 e. The van der Waals surface area contributed by atoms with Crippen molar-refractivity contribution in [1.82, 2.24) is 9.80 Å². The van der Waals surface area contributed by atoms with Gasteiger partial charge in [-0.15, -0.1) is 0 Å². The van der Waals surface area contributed by atoms with E-state index in [1.54, 1.807) is 19.2 Å². The summed E-state index contributed by atoms with van der Waals surface area (Å²) in [5, 5.41) is 1.01. The van der Waals surface area contributed by atoms with Crippen molar-refractivity contribution in [2.45, 2.75) is 57.0 Å². The Morgan fingerprint density at radius 2 is 2.00 bits per heavy atom. The lowest BCUT2D eigenvalue weighted by molar-refractivity contribution is -0.132. The zero-order valence-corrected chi connectivity index (χ0v) is 19.0. The summed E-state index contributed by atoms with van der Waals surface area (Å²) in [5.74, 6) is 0.133. The number of allylic oxidation sites excluding steroid dienone is 1. The van der Waals surface area contributed by atoms with Crippen molar-refractivity contribution >= 4 is 29.1 Å². The highest BCUT2D eigenvalue weighted by molar-refractivity contribution is 6.42. The molecule has 0 radical (unpaired) electrons. The summed E-state index contributed by atoms with van der Waals surface area (Å²) in [6.45, 7) is 3.05. The third-order valence-electron chi connectivity index (χ3n) is 6.20. The predicted molar refractivity (Wildman–Crippen MR) is 120 cm³/mol. The Bertz CT molecular complexity index is 732. The number of carbonyl (C=O) groups is 1. The van der Waals surface area contributed by atoms with Gasteiger partial charge in [-0.3, -0.25) is 9.69 Å². The zero-order chi connectivity index (χ0) is 20.8. The smallest absolute Gasteiger partial charge is 0.227 e. The highest BCUT2D eigenvalue weighted by Gasteiger charge is 2.35. The van der Waals surface area contributed by atoms with Crippen molar-refractivity contribution in [1.29, 1.82) is 0 Å². The van der Waals surface area contributed by atoms with Crippen LogP contribution in [0.5, 0.6) is 0 Å². The maximum atomic E-state index is 13.1. The third-order valence-corrected chi connectivity index (χ3v) is 6.94. The van der Waals surface area contributed by atoms with Crippen LogP contribution in [-0.2, 0) is 16.0 Å². The predicted octanol–water partition coefficient (Wildman–Crippen LogP) is 4.97. The summed E-state index contributed by atoms with van der Waals surface area (Å²) >= 11 is 12.1. The van der Waals surface area contributed by atoms with Crippen LogP contribution in [0.3, 0.4) is 0 Å². The van der Waals surface area contributed by atoms with Gasteiger partial charge in [0.05, 0.1) is 22.5 Å². The van der Waals surface area contributed by atoms with E-state index >= 15 is 0 Å². The summed E-state index contributed by atoms with van der Waals surface area (Å²) in [6.07, 6.45) is 9.51. The zero-order valence-electron chi connectivity index (χ0n) is 17.5. The fourth-order valence-electron chi connectivity index (χ4n) is 4.54. The lowest BCUT2D eigenvalue weighted by Gasteiger charge is -2.41. The van der Waals surface area contributed by atoms with Gasteiger partial charge in [-0.2, -0.15) is 0 Å². The number of carbonyl (C=O) groups excluding carboxylic acids is 1. The van der Waals surface area contributed by atoms with Gasteiger partial charge in [0.25, 0.3) is 0 Å². The van der Waals surface area contributed by atoms with E-state index in [9.17, 15) is 4.79 Å². The van der Waals surface area contributed by atoms with Gasteiger partial charge >= 0.3 is 0 Å². The highest BCUT2D eigenvalue weighted by atomic mass is 35.5. The quantitative estimate of drug-likeness (QED) is 0.423. The number of methoxy groups -OCH3 is 1. The molecule has 1 aromatic rings. The van der Waals surface area contributed by atoms with Gasteiger partial charge < -0.3 is 9.64 Å². The lowest BCUT2D eigenvalue weighted by Crippen LogP contribution is -2.52. The van der Waals surface area contributed by atoms with Gasteiger partial charge in [-0.25, -0.2) is 0 Å². The fraction of sp³-hybridized carbons (Fsp3) is 0.609. The fourth-order valence-corrected chi connectivity index (χ4v) is 4.86. The first-order valence-corrected chi connectivity index (χ1v) is 11.4. The summed E-state index contributed by atoms with van der Waals surface area (Å²) in [7, 11) is 3.71. The minimum absolute atomic E-state index is 0.133. The van der Waals surface area contributed by atoms with Gasteiger partial charge in [0.15, 0.2) is 0 Å². The average molecular weight is 439 g/mol. The number of hydrogen-bond donors (Lipinski definition) is 0. The molecule has 1 heterocycles. The first-order chi connectivity index (χ1) is 14.0. The molecule has 1 saturated heterocycles. The van der Waals surface area contributed by atoms with Crippen LogP contribution < -0.4 is 0 Å². The van der Waals surface area contributed by atoms with Gasteiger partial charge in [0.2, 0.25) is 5.91 Å². The highest BCUT2D eigenvalue weighted by Crippen LogP contribution is 2.31. The van der Waals surface area contributed by atoms with Crippen LogP contribution in [0, 0.1) is 0 Å². The van der Waals surface area contributed by atoms with E-state index in [0.717, 1.165) is 50.9 Å². The molecule has 0 bridgehead atoms. The Hall–Kier alpha value is -1.07. The number of rotatable bonds is 8. The number of halogens is 2. The maximum absolute atomic E-state index is 13.1. The molecule has 0 aromatic heterocycles. The van der Waals surface area contributed by atoms with Crippen LogP contribution in [0.15, 0.2) is 29.8 Å². The first-order valence-electron chi connectivity index (χ1n) is 10.6. The van der Waals surface area contributed by atoms with E-state index in [0.29, 0.717) is 22.5 Å². The van der Waals surface area contributed by atoms with Gasteiger partial charge in [0, 0.05) is 26.8 Å². The van der Waals surface area contributed by atoms with Gasteiger partial charge in [-0.05, 0) is 69.3 Å². The molecule has 1 aliphatic carbocycles. The third kappa shape index (κ3) is 5.97. The number of likely N-dealkylation sites (tertiary alicyclic amines) is 1. The second kappa shape index (κ2) is 10.8. The van der Waals surface area contributed by atoms with Gasteiger partial charge in [-0.1, -0.05) is 40.9 Å². The van der Waals surface area contributed by atoms with Crippen LogP contribution in [0.2, 0.25) is 10.0 Å². The van der Waals surface area contributed by atoms with Crippen molar-refractivity contribution in [2.75, 3.05) is 33.9 Å². The lowest BCUT2D eigenvalue weighted by atomic mass is 9.87. The molecule has 2 atom stereocenters. The molecule has 1 fully saturated rings. The minimum atomic E-state index is 0.133. The SMILES string of the molecule is COCCCC1=CC(N2CCCC2)C(N(C)C(=O)Cc2ccc(Cl)c(Cl)c2)CC1. The Balaban J connectivity index is 1.70. The Morgan fingerprint density at radius 1 is 1.24 bits per heavy atom. The number of likely N-dealkylation sites (N-methyl/N-ethyl adjacent to an activating group) is 1. The molecule has 1 aromatic carbocycles. The summed E-state index contributed by atoms with van der Waals surface area (Å²) in [6, 6.07) is 5.96. The second-order valence-corrected chi connectivity index (χ2v) is 9.01. The van der Waals surface area contributed by atoms with Crippen molar-refractivity contribution in [2.24, 2.45) is 0 Å². The maximum Gasteiger partial charge on any atom is 0.227 e. The number of hydrogen-bond acceptors (Lipinski definition) is 3. The summed E-state index contributed by atoms with van der Waals surface area (Å²) in [4.78, 5) is 17.6. The van der Waals surface area contributed by atoms with E-state index in [1.807, 2.05) is 18.0 Å². The molecule has 1 aliphatic heterocycles. The number of nitrogens with zero attached hydrogens (tertiary/aromatic N) is 2. The topological polar surface area (TPSA) is 32.8 Å². The molecule has 0 saturated carbocycles. The van der Waals surface area contributed by atoms with Crippen molar-refractivity contribution in [3.8, 4) is 0 Å². The molecule has 29 heavy (non-hydrogen) atoms. The number of amides is 1. The monoisotopic (exact) mass is 438 g/mol. The van der Waals surface area contributed by atoms with Crippen LogP contribution in [0.25, 0.3) is 0 Å². The van der Waals surface area contributed by atoms with Crippen molar-refractivity contribution in [3.63, 3.8) is 0 Å². The first kappa shape index (κ1) is 22.6. The summed E-state index contributed by atoms with van der Waals surface area (Å²) < 4.78 is 5.21. The van der Waals surface area contributed by atoms with E-state index in [1.165, 1.54) is 18.4 Å². The molecule has 0 N–H and O–H groups in total. The molecule has 4 nitrogen and oxygen atoms in total. The van der Waals surface area contributed by atoms with E-state index in [2.05, 4.69) is 11.0 Å². The molecule has 2 unspecified atom stereocenters. The van der Waals surface area contributed by atoms with Crippen molar-refractivity contribution in [3.05, 3.63) is 45.5 Å². The Labute approximate surface area is 184 Å². The van der Waals surface area contributed by atoms with Gasteiger partial charge in [0.1, 0.15) is 0 Å². The minimum Gasteiger partial charge on any atom is -0.385 e. The summed E-state index contributed by atoms with van der Waals surface area (Å²) in [5.41, 5.74) is 2.42. The number of benzene rings is 1. The molecule has 2 aliphatic rings. The Kier molecular flexibility index (Phi) is 8.43. The van der Waals surface area contributed by atoms with E-state index < -0.39 is 0 Å². The molecule has 6 heteroatoms. The normalized spacial score (nSPS) is 22.6. The van der Waals surface area contributed by atoms with Crippen LogP contribution in [-0.4, -0.2) is 61.6 Å². The molecular weight excluding hydrogens is 407 g/mol. The molecule has 3 rings (SSSR count). The molecule has 160 valence electrons.